The number of carbonyl (C=O) groups excluding carboxylic acids is 1. The highest BCUT2D eigenvalue weighted by molar-refractivity contribution is 6.42. The highest BCUT2D eigenvalue weighted by atomic mass is 35.5. The molecule has 0 fully saturated rings. The zero-order chi connectivity index (χ0) is 22.2. The van der Waals surface area contributed by atoms with Gasteiger partial charge in [-0.05, 0) is 67.1 Å². The maximum absolute atomic E-state index is 13.0. The first kappa shape index (κ1) is 22.7. The summed E-state index contributed by atoms with van der Waals surface area (Å²) in [7, 11) is 0. The largest absolute Gasteiger partial charge is 0.490 e. The quantitative estimate of drug-likeness (QED) is 0.399. The van der Waals surface area contributed by atoms with Crippen LogP contribution in [-0.4, -0.2) is 19.1 Å². The number of nitrogens with one attached hydrogen (secondary N) is 2. The molecule has 0 bridgehead atoms. The summed E-state index contributed by atoms with van der Waals surface area (Å²) in [6, 6.07) is 16.3. The lowest BCUT2D eigenvalue weighted by Crippen LogP contribution is -2.20. The number of hydrogen-bond donors (Lipinski definition) is 2. The smallest absolute Gasteiger partial charge is 0.262 e. The molecule has 1 amide bonds. The summed E-state index contributed by atoms with van der Waals surface area (Å²) in [5, 5.41) is 6.89. The van der Waals surface area contributed by atoms with Gasteiger partial charge in [0.25, 0.3) is 5.91 Å². The summed E-state index contributed by atoms with van der Waals surface area (Å²) >= 11 is 12.0. The van der Waals surface area contributed by atoms with Crippen LogP contribution in [0.2, 0.25) is 10.0 Å². The Bertz CT molecular complexity index is 1050. The molecule has 31 heavy (non-hydrogen) atoms. The maximum atomic E-state index is 13.0. The van der Waals surface area contributed by atoms with Gasteiger partial charge >= 0.3 is 0 Å². The summed E-state index contributed by atoms with van der Waals surface area (Å²) in [5.74, 6) is 0.253. The van der Waals surface area contributed by atoms with E-state index in [2.05, 4.69) is 10.6 Å². The van der Waals surface area contributed by atoms with E-state index in [9.17, 15) is 9.18 Å². The van der Waals surface area contributed by atoms with Crippen molar-refractivity contribution in [2.75, 3.05) is 23.8 Å². The lowest BCUT2D eigenvalue weighted by atomic mass is 10.2. The average molecular weight is 463 g/mol. The summed E-state index contributed by atoms with van der Waals surface area (Å²) in [5.41, 5.74) is 2.28. The minimum absolute atomic E-state index is 0.210. The van der Waals surface area contributed by atoms with Gasteiger partial charge in [0.1, 0.15) is 5.82 Å². The molecule has 0 saturated carbocycles. The summed E-state index contributed by atoms with van der Waals surface area (Å²) in [6.45, 7) is 2.63. The van der Waals surface area contributed by atoms with Gasteiger partial charge in [-0.3, -0.25) is 4.79 Å². The SMILES string of the molecule is CCOc1cc(CNc2ccc(Cl)c(Cl)c2)ccc1OCC(=O)Nc1ccc(F)cc1. The number of benzene rings is 3. The molecular formula is C23H21Cl2FN2O3. The normalized spacial score (nSPS) is 10.5. The third kappa shape index (κ3) is 6.77. The van der Waals surface area contributed by atoms with Crippen LogP contribution < -0.4 is 20.1 Å². The van der Waals surface area contributed by atoms with Gasteiger partial charge in [0.2, 0.25) is 0 Å². The first-order valence-electron chi connectivity index (χ1n) is 9.57. The van der Waals surface area contributed by atoms with Crippen molar-refractivity contribution in [3.63, 3.8) is 0 Å². The molecule has 5 nitrogen and oxygen atoms in total. The molecule has 0 aliphatic rings. The van der Waals surface area contributed by atoms with Gasteiger partial charge in [-0.2, -0.15) is 0 Å². The first-order valence-corrected chi connectivity index (χ1v) is 10.3. The van der Waals surface area contributed by atoms with E-state index < -0.39 is 0 Å². The Morgan fingerprint density at radius 2 is 1.65 bits per heavy atom. The molecule has 0 heterocycles. The van der Waals surface area contributed by atoms with Gasteiger partial charge in [-0.25, -0.2) is 4.39 Å². The lowest BCUT2D eigenvalue weighted by Gasteiger charge is -2.14. The molecule has 0 spiro atoms. The second kappa shape index (κ2) is 10.9. The molecule has 0 radical (unpaired) electrons. The summed E-state index contributed by atoms with van der Waals surface area (Å²) in [6.07, 6.45) is 0. The molecule has 3 aromatic rings. The monoisotopic (exact) mass is 462 g/mol. The van der Waals surface area contributed by atoms with Gasteiger partial charge in [0, 0.05) is 17.9 Å². The highest BCUT2D eigenvalue weighted by Gasteiger charge is 2.10. The number of rotatable bonds is 9. The van der Waals surface area contributed by atoms with E-state index >= 15 is 0 Å². The Hall–Kier alpha value is -2.96. The molecule has 0 aliphatic carbocycles. The van der Waals surface area contributed by atoms with Crippen LogP contribution in [0.5, 0.6) is 11.5 Å². The zero-order valence-corrected chi connectivity index (χ0v) is 18.3. The first-order chi connectivity index (χ1) is 14.9. The molecule has 3 aromatic carbocycles. The number of anilines is 2. The van der Waals surface area contributed by atoms with Crippen LogP contribution in [0.1, 0.15) is 12.5 Å². The van der Waals surface area contributed by atoms with Crippen molar-refractivity contribution >= 4 is 40.5 Å². The third-order valence-corrected chi connectivity index (χ3v) is 4.95. The topological polar surface area (TPSA) is 59.6 Å². The van der Waals surface area contributed by atoms with Gasteiger partial charge in [0.15, 0.2) is 18.1 Å². The molecule has 0 aliphatic heterocycles. The van der Waals surface area contributed by atoms with Crippen LogP contribution in [0.25, 0.3) is 0 Å². The van der Waals surface area contributed by atoms with Crippen LogP contribution >= 0.6 is 23.2 Å². The van der Waals surface area contributed by atoms with Crippen LogP contribution in [-0.2, 0) is 11.3 Å². The van der Waals surface area contributed by atoms with Crippen LogP contribution in [0.15, 0.2) is 60.7 Å². The van der Waals surface area contributed by atoms with Gasteiger partial charge in [0.05, 0.1) is 16.7 Å². The number of carbonyl (C=O) groups is 1. The molecular weight excluding hydrogens is 442 g/mol. The summed E-state index contributed by atoms with van der Waals surface area (Å²) in [4.78, 5) is 12.1. The Kier molecular flexibility index (Phi) is 7.98. The number of halogens is 3. The molecule has 8 heteroatoms. The minimum Gasteiger partial charge on any atom is -0.490 e. The lowest BCUT2D eigenvalue weighted by molar-refractivity contribution is -0.118. The van der Waals surface area contributed by atoms with Gasteiger partial charge < -0.3 is 20.1 Å². The Labute approximate surface area is 190 Å². The van der Waals surface area contributed by atoms with Crippen LogP contribution in [0, 0.1) is 5.82 Å². The van der Waals surface area contributed by atoms with E-state index in [1.807, 2.05) is 25.1 Å². The van der Waals surface area contributed by atoms with Crippen molar-refractivity contribution in [3.05, 3.63) is 82.1 Å². The number of ether oxygens (including phenoxy) is 2. The Morgan fingerprint density at radius 1 is 0.903 bits per heavy atom. The Morgan fingerprint density at radius 3 is 2.35 bits per heavy atom. The fourth-order valence-corrected chi connectivity index (χ4v) is 3.03. The van der Waals surface area contributed by atoms with E-state index in [-0.39, 0.29) is 18.3 Å². The molecule has 0 aromatic heterocycles. The minimum atomic E-state index is -0.371. The predicted molar refractivity (Wildman–Crippen MR) is 122 cm³/mol. The second-order valence-electron chi connectivity index (χ2n) is 6.54. The molecule has 3 rings (SSSR count). The fraction of sp³-hybridized carbons (Fsp3) is 0.174. The number of amides is 1. The van der Waals surface area contributed by atoms with E-state index in [1.165, 1.54) is 24.3 Å². The van der Waals surface area contributed by atoms with E-state index in [1.54, 1.807) is 18.2 Å². The number of hydrogen-bond acceptors (Lipinski definition) is 4. The molecule has 0 saturated heterocycles. The van der Waals surface area contributed by atoms with Crippen molar-refractivity contribution < 1.29 is 18.7 Å². The van der Waals surface area contributed by atoms with Crippen LogP contribution in [0.4, 0.5) is 15.8 Å². The second-order valence-corrected chi connectivity index (χ2v) is 7.35. The van der Waals surface area contributed by atoms with E-state index in [0.29, 0.717) is 40.4 Å². The standard InChI is InChI=1S/C23H21Cl2FN2O3/c1-2-30-22-11-15(13-27-18-8-9-19(24)20(25)12-18)3-10-21(22)31-14-23(29)28-17-6-4-16(26)5-7-17/h3-12,27H,2,13-14H2,1H3,(H,28,29). The van der Waals surface area contributed by atoms with Crippen molar-refractivity contribution in [3.8, 4) is 11.5 Å². The molecule has 2 N–H and O–H groups in total. The Balaban J connectivity index is 1.60. The van der Waals surface area contributed by atoms with Crippen molar-refractivity contribution in [1.29, 1.82) is 0 Å². The molecule has 162 valence electrons. The fourth-order valence-electron chi connectivity index (χ4n) is 2.73. The van der Waals surface area contributed by atoms with Crippen molar-refractivity contribution in [1.82, 2.24) is 0 Å². The van der Waals surface area contributed by atoms with Crippen molar-refractivity contribution in [2.24, 2.45) is 0 Å². The van der Waals surface area contributed by atoms with E-state index in [0.717, 1.165) is 11.3 Å². The molecule has 0 unspecified atom stereocenters. The summed E-state index contributed by atoms with van der Waals surface area (Å²) < 4.78 is 24.3. The maximum Gasteiger partial charge on any atom is 0.262 e. The zero-order valence-electron chi connectivity index (χ0n) is 16.8. The molecule has 0 atom stereocenters. The van der Waals surface area contributed by atoms with Gasteiger partial charge in [-0.15, -0.1) is 0 Å². The average Bonchev–Trinajstić information content (AvgIpc) is 2.76. The highest BCUT2D eigenvalue weighted by Crippen LogP contribution is 2.30. The van der Waals surface area contributed by atoms with Crippen LogP contribution in [0.3, 0.4) is 0 Å². The predicted octanol–water partition coefficient (Wildman–Crippen LogP) is 6.16. The van der Waals surface area contributed by atoms with E-state index in [4.69, 9.17) is 32.7 Å². The van der Waals surface area contributed by atoms with Crippen molar-refractivity contribution in [2.45, 2.75) is 13.5 Å². The van der Waals surface area contributed by atoms with Gasteiger partial charge in [-0.1, -0.05) is 29.3 Å². The third-order valence-electron chi connectivity index (χ3n) is 4.21.